The summed E-state index contributed by atoms with van der Waals surface area (Å²) < 4.78 is 28.5. The molecule has 0 bridgehead atoms. The van der Waals surface area contributed by atoms with Crippen LogP contribution in [-0.2, 0) is 13.0 Å². The van der Waals surface area contributed by atoms with Gasteiger partial charge in [-0.3, -0.25) is 0 Å². The van der Waals surface area contributed by atoms with Crippen molar-refractivity contribution in [3.05, 3.63) is 10.6 Å². The van der Waals surface area contributed by atoms with Crippen LogP contribution in [0.3, 0.4) is 0 Å². The van der Waals surface area contributed by atoms with Crippen molar-refractivity contribution in [2.45, 2.75) is 19.4 Å². The number of nitrogens with zero attached hydrogens (tertiary/aromatic N) is 1. The van der Waals surface area contributed by atoms with Crippen molar-refractivity contribution in [3.63, 3.8) is 0 Å². The number of hydrogen-bond donors (Lipinski definition) is 1. The Bertz CT molecular complexity index is 293. The van der Waals surface area contributed by atoms with E-state index in [1.807, 2.05) is 0 Å². The maximum absolute atomic E-state index is 11.8. The molecule has 1 aromatic rings. The Morgan fingerprint density at radius 3 is 3.14 bits per heavy atom. The highest BCUT2D eigenvalue weighted by molar-refractivity contribution is 7.13. The molecule has 0 saturated carbocycles. The van der Waals surface area contributed by atoms with Crippen LogP contribution >= 0.6 is 11.3 Å². The molecule has 0 saturated heterocycles. The van der Waals surface area contributed by atoms with Crippen LogP contribution in [0.4, 0.5) is 8.78 Å². The van der Waals surface area contributed by atoms with E-state index in [0.29, 0.717) is 11.7 Å². The SMILES string of the molecule is FC(F)COc1nc2c(s1)CCNC2. The third-order valence-electron chi connectivity index (χ3n) is 1.91. The molecule has 0 amide bonds. The molecule has 1 aromatic heterocycles. The van der Waals surface area contributed by atoms with Crippen LogP contribution in [0.25, 0.3) is 0 Å². The van der Waals surface area contributed by atoms with Crippen molar-refractivity contribution in [2.24, 2.45) is 0 Å². The second-order valence-electron chi connectivity index (χ2n) is 2.98. The number of fused-ring (bicyclic) bond motifs is 1. The van der Waals surface area contributed by atoms with Gasteiger partial charge in [-0.15, -0.1) is 0 Å². The fraction of sp³-hybridized carbons (Fsp3) is 0.625. The molecule has 0 unspecified atom stereocenters. The molecule has 0 aromatic carbocycles. The zero-order chi connectivity index (χ0) is 9.97. The number of halogens is 2. The van der Waals surface area contributed by atoms with E-state index >= 15 is 0 Å². The van der Waals surface area contributed by atoms with Gasteiger partial charge in [-0.25, -0.2) is 13.8 Å². The number of alkyl halides is 2. The Hall–Kier alpha value is -0.750. The van der Waals surface area contributed by atoms with Crippen molar-refractivity contribution >= 4 is 11.3 Å². The number of rotatable bonds is 3. The van der Waals surface area contributed by atoms with Crippen LogP contribution in [-0.4, -0.2) is 24.6 Å². The minimum absolute atomic E-state index is 0.360. The summed E-state index contributed by atoms with van der Waals surface area (Å²) >= 11 is 1.37. The first-order valence-corrected chi connectivity index (χ1v) is 5.17. The molecule has 14 heavy (non-hydrogen) atoms. The molecule has 3 nitrogen and oxygen atoms in total. The highest BCUT2D eigenvalue weighted by Crippen LogP contribution is 2.27. The van der Waals surface area contributed by atoms with Crippen LogP contribution in [0.5, 0.6) is 5.19 Å². The summed E-state index contributed by atoms with van der Waals surface area (Å²) in [4.78, 5) is 5.27. The normalized spacial score (nSPS) is 15.6. The molecule has 1 N–H and O–H groups in total. The van der Waals surface area contributed by atoms with E-state index in [2.05, 4.69) is 10.3 Å². The summed E-state index contributed by atoms with van der Waals surface area (Å²) in [6.45, 7) is 1.06. The van der Waals surface area contributed by atoms with E-state index in [0.717, 1.165) is 23.5 Å². The first-order chi connectivity index (χ1) is 6.75. The van der Waals surface area contributed by atoms with E-state index in [9.17, 15) is 8.78 Å². The molecule has 2 heterocycles. The van der Waals surface area contributed by atoms with Gasteiger partial charge in [0.25, 0.3) is 11.6 Å². The molecule has 2 rings (SSSR count). The van der Waals surface area contributed by atoms with Crippen molar-refractivity contribution in [1.29, 1.82) is 0 Å². The lowest BCUT2D eigenvalue weighted by Gasteiger charge is -2.09. The lowest BCUT2D eigenvalue weighted by Crippen LogP contribution is -2.22. The molecule has 0 aliphatic carbocycles. The van der Waals surface area contributed by atoms with Gasteiger partial charge in [-0.2, -0.15) is 0 Å². The molecule has 78 valence electrons. The first-order valence-electron chi connectivity index (χ1n) is 4.36. The molecule has 0 atom stereocenters. The van der Waals surface area contributed by atoms with E-state index in [1.54, 1.807) is 0 Å². The third kappa shape index (κ3) is 2.19. The summed E-state index contributed by atoms with van der Waals surface area (Å²) in [5, 5.41) is 3.52. The first kappa shape index (κ1) is 9.79. The van der Waals surface area contributed by atoms with Gasteiger partial charge in [0.05, 0.1) is 5.69 Å². The zero-order valence-corrected chi connectivity index (χ0v) is 8.24. The van der Waals surface area contributed by atoms with Gasteiger partial charge in [0.2, 0.25) is 0 Å². The maximum Gasteiger partial charge on any atom is 0.273 e. The van der Waals surface area contributed by atoms with Gasteiger partial charge < -0.3 is 10.1 Å². The number of ether oxygens (including phenoxy) is 1. The number of thiazole rings is 1. The molecule has 0 fully saturated rings. The van der Waals surface area contributed by atoms with Gasteiger partial charge in [0, 0.05) is 18.0 Å². The highest BCUT2D eigenvalue weighted by Gasteiger charge is 2.16. The van der Waals surface area contributed by atoms with Crippen molar-refractivity contribution in [2.75, 3.05) is 13.2 Å². The standard InChI is InChI=1S/C8H10F2N2OS/c9-7(10)4-13-8-12-5-3-11-2-1-6(5)14-8/h7,11H,1-4H2. The Labute approximate surface area is 84.1 Å². The quantitative estimate of drug-likeness (QED) is 0.836. The predicted molar refractivity (Wildman–Crippen MR) is 49.0 cm³/mol. The van der Waals surface area contributed by atoms with E-state index in [4.69, 9.17) is 4.74 Å². The monoisotopic (exact) mass is 220 g/mol. The Morgan fingerprint density at radius 2 is 2.43 bits per heavy atom. The van der Waals surface area contributed by atoms with Gasteiger partial charge in [0.1, 0.15) is 0 Å². The average Bonchev–Trinajstić information content (AvgIpc) is 2.57. The van der Waals surface area contributed by atoms with Crippen LogP contribution in [0, 0.1) is 0 Å². The second kappa shape index (κ2) is 4.18. The van der Waals surface area contributed by atoms with Crippen molar-refractivity contribution in [3.8, 4) is 5.19 Å². The van der Waals surface area contributed by atoms with Gasteiger partial charge >= 0.3 is 0 Å². The van der Waals surface area contributed by atoms with Crippen LogP contribution in [0.2, 0.25) is 0 Å². The van der Waals surface area contributed by atoms with E-state index < -0.39 is 13.0 Å². The number of aromatic nitrogens is 1. The fourth-order valence-corrected chi connectivity index (χ4v) is 2.23. The van der Waals surface area contributed by atoms with Crippen LogP contribution < -0.4 is 10.1 Å². The minimum Gasteiger partial charge on any atom is -0.464 e. The molecular weight excluding hydrogens is 210 g/mol. The molecule has 0 spiro atoms. The Kier molecular flexibility index (Phi) is 2.93. The largest absolute Gasteiger partial charge is 0.464 e. The number of nitrogens with one attached hydrogen (secondary N) is 1. The lowest BCUT2D eigenvalue weighted by atomic mass is 10.2. The number of hydrogen-bond acceptors (Lipinski definition) is 4. The summed E-state index contributed by atoms with van der Waals surface area (Å²) in [7, 11) is 0. The minimum atomic E-state index is -2.44. The smallest absolute Gasteiger partial charge is 0.273 e. The molecule has 0 radical (unpaired) electrons. The van der Waals surface area contributed by atoms with Gasteiger partial charge in [0.15, 0.2) is 6.61 Å². The van der Waals surface area contributed by atoms with Gasteiger partial charge in [-0.05, 0) is 6.42 Å². The predicted octanol–water partition coefficient (Wildman–Crippen LogP) is 1.43. The summed E-state index contributed by atoms with van der Waals surface area (Å²) in [5.41, 5.74) is 0.936. The summed E-state index contributed by atoms with van der Waals surface area (Å²) in [6, 6.07) is 0. The molecule has 6 heteroatoms. The third-order valence-corrected chi connectivity index (χ3v) is 2.98. The lowest BCUT2D eigenvalue weighted by molar-refractivity contribution is 0.0816. The van der Waals surface area contributed by atoms with E-state index in [-0.39, 0.29) is 0 Å². The Morgan fingerprint density at radius 1 is 1.57 bits per heavy atom. The maximum atomic E-state index is 11.8. The molecule has 1 aliphatic rings. The molecule has 1 aliphatic heterocycles. The fourth-order valence-electron chi connectivity index (χ4n) is 1.30. The summed E-state index contributed by atoms with van der Waals surface area (Å²) in [6.07, 6.45) is -1.53. The topological polar surface area (TPSA) is 34.1 Å². The second-order valence-corrected chi connectivity index (χ2v) is 4.02. The van der Waals surface area contributed by atoms with Crippen molar-refractivity contribution < 1.29 is 13.5 Å². The zero-order valence-electron chi connectivity index (χ0n) is 7.43. The van der Waals surface area contributed by atoms with Crippen LogP contribution in [0.1, 0.15) is 10.6 Å². The van der Waals surface area contributed by atoms with Crippen molar-refractivity contribution in [1.82, 2.24) is 10.3 Å². The van der Waals surface area contributed by atoms with Crippen LogP contribution in [0.15, 0.2) is 0 Å². The van der Waals surface area contributed by atoms with E-state index in [1.165, 1.54) is 11.3 Å². The average molecular weight is 220 g/mol. The molecular formula is C8H10F2N2OS. The Balaban J connectivity index is 2.01. The highest BCUT2D eigenvalue weighted by atomic mass is 32.1. The van der Waals surface area contributed by atoms with Gasteiger partial charge in [-0.1, -0.05) is 11.3 Å². The summed E-state index contributed by atoms with van der Waals surface area (Å²) in [5.74, 6) is 0.